The van der Waals surface area contributed by atoms with Gasteiger partial charge in [0.2, 0.25) is 5.91 Å². The lowest BCUT2D eigenvalue weighted by atomic mass is 9.98. The second-order valence-corrected chi connectivity index (χ2v) is 4.95. The zero-order chi connectivity index (χ0) is 16.1. The predicted molar refractivity (Wildman–Crippen MR) is 84.2 cm³/mol. The van der Waals surface area contributed by atoms with Gasteiger partial charge in [-0.25, -0.2) is 4.79 Å². The van der Waals surface area contributed by atoms with Crippen molar-refractivity contribution in [2.45, 2.75) is 13.3 Å². The highest BCUT2D eigenvalue weighted by Crippen LogP contribution is 2.26. The molecule has 116 valence electrons. The predicted octanol–water partition coefficient (Wildman–Crippen LogP) is 2.31. The van der Waals surface area contributed by atoms with Gasteiger partial charge in [0, 0.05) is 13.5 Å². The Bertz CT molecular complexity index is 709. The summed E-state index contributed by atoms with van der Waals surface area (Å²) in [5, 5.41) is 4.69. The average molecular weight is 301 g/mol. The first-order valence-electron chi connectivity index (χ1n) is 6.98. The van der Waals surface area contributed by atoms with Crippen molar-refractivity contribution < 1.29 is 19.1 Å². The number of rotatable bonds is 5. The molecule has 5 heteroatoms. The summed E-state index contributed by atoms with van der Waals surface area (Å²) in [6, 6.07) is 9.28. The van der Waals surface area contributed by atoms with E-state index in [-0.39, 0.29) is 11.9 Å². The van der Waals surface area contributed by atoms with Gasteiger partial charge in [-0.3, -0.25) is 4.79 Å². The van der Waals surface area contributed by atoms with E-state index in [0.717, 1.165) is 22.1 Å². The van der Waals surface area contributed by atoms with Crippen molar-refractivity contribution >= 4 is 22.6 Å². The van der Waals surface area contributed by atoms with Crippen LogP contribution in [0.3, 0.4) is 0 Å². The highest BCUT2D eigenvalue weighted by atomic mass is 16.5. The molecule has 2 aromatic carbocycles. The molecule has 0 radical (unpaired) electrons. The number of ether oxygens (including phenoxy) is 2. The van der Waals surface area contributed by atoms with Crippen LogP contribution in [-0.4, -0.2) is 32.6 Å². The standard InChI is InChI=1S/C17H19NO4/c1-11(19)18-7-6-13-9-14(17(20)22-3)8-12-4-5-15(21-2)10-16(12)13/h4-5,8-10H,6-7H2,1-3H3,(H,18,19). The van der Waals surface area contributed by atoms with Crippen LogP contribution in [0.15, 0.2) is 30.3 Å². The molecule has 5 nitrogen and oxygen atoms in total. The van der Waals surface area contributed by atoms with Crippen LogP contribution in [0.4, 0.5) is 0 Å². The van der Waals surface area contributed by atoms with Crippen molar-refractivity contribution in [1.29, 1.82) is 0 Å². The second kappa shape index (κ2) is 6.93. The molecule has 1 N–H and O–H groups in total. The van der Waals surface area contributed by atoms with Gasteiger partial charge in [0.25, 0.3) is 0 Å². The van der Waals surface area contributed by atoms with E-state index < -0.39 is 0 Å². The topological polar surface area (TPSA) is 64.6 Å². The molecule has 0 spiro atoms. The summed E-state index contributed by atoms with van der Waals surface area (Å²) in [5.41, 5.74) is 1.46. The summed E-state index contributed by atoms with van der Waals surface area (Å²) < 4.78 is 10.1. The Labute approximate surface area is 129 Å². The molecular formula is C17H19NO4. The third kappa shape index (κ3) is 3.55. The Morgan fingerprint density at radius 2 is 1.91 bits per heavy atom. The van der Waals surface area contributed by atoms with Crippen LogP contribution >= 0.6 is 0 Å². The SMILES string of the molecule is COC(=O)c1cc(CCNC(C)=O)c2cc(OC)ccc2c1. The second-order valence-electron chi connectivity index (χ2n) is 4.95. The first-order valence-corrected chi connectivity index (χ1v) is 6.98. The van der Waals surface area contributed by atoms with Crippen LogP contribution in [0.25, 0.3) is 10.8 Å². The van der Waals surface area contributed by atoms with Crippen molar-refractivity contribution in [1.82, 2.24) is 5.32 Å². The monoisotopic (exact) mass is 301 g/mol. The van der Waals surface area contributed by atoms with E-state index in [4.69, 9.17) is 9.47 Å². The fourth-order valence-electron chi connectivity index (χ4n) is 2.36. The number of fused-ring (bicyclic) bond motifs is 1. The molecule has 0 aliphatic carbocycles. The maximum atomic E-state index is 11.8. The van der Waals surface area contributed by atoms with E-state index >= 15 is 0 Å². The zero-order valence-corrected chi connectivity index (χ0v) is 12.9. The molecular weight excluding hydrogens is 282 g/mol. The van der Waals surface area contributed by atoms with Gasteiger partial charge in [-0.15, -0.1) is 0 Å². The third-order valence-electron chi connectivity index (χ3n) is 3.44. The summed E-state index contributed by atoms with van der Waals surface area (Å²) in [6.45, 7) is 1.98. The highest BCUT2D eigenvalue weighted by Gasteiger charge is 2.11. The minimum absolute atomic E-state index is 0.0778. The number of nitrogens with one attached hydrogen (secondary N) is 1. The number of amides is 1. The Kier molecular flexibility index (Phi) is 4.99. The molecule has 0 fully saturated rings. The molecule has 1 amide bonds. The van der Waals surface area contributed by atoms with Crippen molar-refractivity contribution in [3.63, 3.8) is 0 Å². The highest BCUT2D eigenvalue weighted by molar-refractivity contribution is 5.97. The maximum Gasteiger partial charge on any atom is 0.337 e. The number of esters is 1. The summed E-state index contributed by atoms with van der Waals surface area (Å²) in [7, 11) is 2.97. The van der Waals surface area contributed by atoms with Crippen molar-refractivity contribution in [3.8, 4) is 5.75 Å². The molecule has 22 heavy (non-hydrogen) atoms. The van der Waals surface area contributed by atoms with E-state index in [1.165, 1.54) is 14.0 Å². The molecule has 0 atom stereocenters. The number of hydrogen-bond acceptors (Lipinski definition) is 4. The molecule has 2 aromatic rings. The summed E-state index contributed by atoms with van der Waals surface area (Å²) in [5.74, 6) is 0.295. The number of methoxy groups -OCH3 is 2. The van der Waals surface area contributed by atoms with Crippen LogP contribution < -0.4 is 10.1 Å². The molecule has 0 bridgehead atoms. The fourth-order valence-corrected chi connectivity index (χ4v) is 2.36. The lowest BCUT2D eigenvalue weighted by molar-refractivity contribution is -0.118. The Morgan fingerprint density at radius 3 is 2.55 bits per heavy atom. The largest absolute Gasteiger partial charge is 0.497 e. The molecule has 0 aliphatic heterocycles. The molecule has 0 saturated heterocycles. The van der Waals surface area contributed by atoms with Gasteiger partial charge in [0.1, 0.15) is 5.75 Å². The van der Waals surface area contributed by atoms with Crippen LogP contribution in [-0.2, 0) is 16.0 Å². The Hall–Kier alpha value is -2.56. The Balaban J connectivity index is 2.46. The zero-order valence-electron chi connectivity index (χ0n) is 12.9. The van der Waals surface area contributed by atoms with Crippen LogP contribution in [0.5, 0.6) is 5.75 Å². The van der Waals surface area contributed by atoms with Crippen LogP contribution in [0, 0.1) is 0 Å². The van der Waals surface area contributed by atoms with E-state index in [1.54, 1.807) is 19.2 Å². The van der Waals surface area contributed by atoms with Gasteiger partial charge in [0.05, 0.1) is 19.8 Å². The molecule has 2 rings (SSSR count). The number of carbonyl (C=O) groups excluding carboxylic acids is 2. The van der Waals surface area contributed by atoms with Gasteiger partial charge >= 0.3 is 5.97 Å². The van der Waals surface area contributed by atoms with Crippen LogP contribution in [0.1, 0.15) is 22.8 Å². The quantitative estimate of drug-likeness (QED) is 0.861. The van der Waals surface area contributed by atoms with E-state index in [1.807, 2.05) is 18.2 Å². The van der Waals surface area contributed by atoms with E-state index in [0.29, 0.717) is 18.5 Å². The third-order valence-corrected chi connectivity index (χ3v) is 3.44. The fraction of sp³-hybridized carbons (Fsp3) is 0.294. The van der Waals surface area contributed by atoms with Crippen molar-refractivity contribution in [2.24, 2.45) is 0 Å². The number of hydrogen-bond donors (Lipinski definition) is 1. The van der Waals surface area contributed by atoms with E-state index in [9.17, 15) is 9.59 Å². The van der Waals surface area contributed by atoms with Gasteiger partial charge in [-0.05, 0) is 47.0 Å². The van der Waals surface area contributed by atoms with Gasteiger partial charge in [-0.2, -0.15) is 0 Å². The lowest BCUT2D eigenvalue weighted by Gasteiger charge is -2.11. The number of benzene rings is 2. The first kappa shape index (κ1) is 15.8. The molecule has 0 aromatic heterocycles. The van der Waals surface area contributed by atoms with Crippen molar-refractivity contribution in [3.05, 3.63) is 41.5 Å². The minimum Gasteiger partial charge on any atom is -0.497 e. The summed E-state index contributed by atoms with van der Waals surface area (Å²) in [6.07, 6.45) is 0.619. The smallest absolute Gasteiger partial charge is 0.337 e. The van der Waals surface area contributed by atoms with Gasteiger partial charge < -0.3 is 14.8 Å². The maximum absolute atomic E-state index is 11.8. The molecule has 0 unspecified atom stereocenters. The molecule has 0 saturated carbocycles. The molecule has 0 heterocycles. The number of carbonyl (C=O) groups is 2. The van der Waals surface area contributed by atoms with Gasteiger partial charge in [-0.1, -0.05) is 6.07 Å². The normalized spacial score (nSPS) is 10.3. The Morgan fingerprint density at radius 1 is 1.14 bits per heavy atom. The minimum atomic E-state index is -0.376. The van der Waals surface area contributed by atoms with Crippen LogP contribution in [0.2, 0.25) is 0 Å². The molecule has 0 aliphatic rings. The van der Waals surface area contributed by atoms with Crippen molar-refractivity contribution in [2.75, 3.05) is 20.8 Å². The summed E-state index contributed by atoms with van der Waals surface area (Å²) in [4.78, 5) is 22.8. The first-order chi connectivity index (χ1) is 10.5. The lowest BCUT2D eigenvalue weighted by Crippen LogP contribution is -2.22. The average Bonchev–Trinajstić information content (AvgIpc) is 2.53. The van der Waals surface area contributed by atoms with E-state index in [2.05, 4.69) is 5.32 Å². The summed E-state index contributed by atoms with van der Waals surface area (Å²) >= 11 is 0. The van der Waals surface area contributed by atoms with Gasteiger partial charge in [0.15, 0.2) is 0 Å².